The molecular formula is C23H16F3N3O3S. The van der Waals surface area contributed by atoms with Crippen LogP contribution in [0, 0.1) is 17.5 Å². The second-order valence-corrected chi connectivity index (χ2v) is 8.77. The number of rotatable bonds is 6. The molecule has 0 spiro atoms. The van der Waals surface area contributed by atoms with Crippen LogP contribution in [0.2, 0.25) is 0 Å². The first kappa shape index (κ1) is 22.4. The summed E-state index contributed by atoms with van der Waals surface area (Å²) in [5.74, 6) is -5.53. The number of para-hydroxylation sites is 1. The lowest BCUT2D eigenvalue weighted by molar-refractivity contribution is 0.102. The Kier molecular flexibility index (Phi) is 6.12. The lowest BCUT2D eigenvalue weighted by Gasteiger charge is -2.10. The molecule has 3 aromatic carbocycles. The summed E-state index contributed by atoms with van der Waals surface area (Å²) in [4.78, 5) is 15.9. The Morgan fingerprint density at radius 2 is 1.61 bits per heavy atom. The Labute approximate surface area is 187 Å². The summed E-state index contributed by atoms with van der Waals surface area (Å²) in [5.41, 5.74) is 1.97. The summed E-state index contributed by atoms with van der Waals surface area (Å²) in [6.07, 6.45) is 1.63. The van der Waals surface area contributed by atoms with Crippen molar-refractivity contribution in [2.75, 3.05) is 5.32 Å². The van der Waals surface area contributed by atoms with Gasteiger partial charge in [0.05, 0.1) is 11.2 Å². The van der Waals surface area contributed by atoms with Gasteiger partial charge in [-0.2, -0.15) is 0 Å². The molecule has 1 heterocycles. The number of pyridine rings is 1. The molecule has 1 aromatic heterocycles. The van der Waals surface area contributed by atoms with Crippen LogP contribution in [-0.4, -0.2) is 19.3 Å². The lowest BCUT2D eigenvalue weighted by atomic mass is 10.1. The molecule has 0 bridgehead atoms. The molecule has 0 aliphatic rings. The Bertz CT molecular complexity index is 1450. The van der Waals surface area contributed by atoms with Gasteiger partial charge in [0.1, 0.15) is 4.90 Å². The van der Waals surface area contributed by atoms with Gasteiger partial charge >= 0.3 is 0 Å². The molecule has 168 valence electrons. The average Bonchev–Trinajstić information content (AvgIpc) is 2.82. The number of carbonyl (C=O) groups is 1. The van der Waals surface area contributed by atoms with Crippen molar-refractivity contribution in [3.8, 4) is 0 Å². The monoisotopic (exact) mass is 471 g/mol. The summed E-state index contributed by atoms with van der Waals surface area (Å²) in [5, 5.41) is 3.66. The van der Waals surface area contributed by atoms with E-state index in [0.29, 0.717) is 34.5 Å². The van der Waals surface area contributed by atoms with Gasteiger partial charge in [0.15, 0.2) is 17.5 Å². The summed E-state index contributed by atoms with van der Waals surface area (Å²) < 4.78 is 66.9. The number of nitrogens with zero attached hydrogens (tertiary/aromatic N) is 1. The molecule has 0 radical (unpaired) electrons. The van der Waals surface area contributed by atoms with Crippen LogP contribution in [0.1, 0.15) is 15.9 Å². The van der Waals surface area contributed by atoms with Gasteiger partial charge in [-0.3, -0.25) is 9.78 Å². The maximum Gasteiger partial charge on any atom is 0.255 e. The van der Waals surface area contributed by atoms with Gasteiger partial charge in [-0.05, 0) is 42.0 Å². The van der Waals surface area contributed by atoms with Gasteiger partial charge in [0.25, 0.3) is 5.91 Å². The fourth-order valence-corrected chi connectivity index (χ4v) is 4.23. The summed E-state index contributed by atoms with van der Waals surface area (Å²) in [6, 6.07) is 16.3. The number of hydrogen-bond acceptors (Lipinski definition) is 4. The number of carbonyl (C=O) groups excluding carboxylic acids is 1. The van der Waals surface area contributed by atoms with E-state index < -0.39 is 32.4 Å². The predicted octanol–water partition coefficient (Wildman–Crippen LogP) is 4.38. The van der Waals surface area contributed by atoms with E-state index >= 15 is 0 Å². The highest BCUT2D eigenvalue weighted by Gasteiger charge is 2.23. The van der Waals surface area contributed by atoms with Gasteiger partial charge in [-0.15, -0.1) is 0 Å². The molecular weight excluding hydrogens is 455 g/mol. The van der Waals surface area contributed by atoms with Gasteiger partial charge in [-0.25, -0.2) is 26.3 Å². The molecule has 0 saturated carbocycles. The normalized spacial score (nSPS) is 11.5. The van der Waals surface area contributed by atoms with Crippen molar-refractivity contribution in [2.45, 2.75) is 11.4 Å². The van der Waals surface area contributed by atoms with E-state index in [1.54, 1.807) is 24.4 Å². The van der Waals surface area contributed by atoms with E-state index in [0.717, 1.165) is 5.39 Å². The second-order valence-electron chi connectivity index (χ2n) is 7.03. The molecule has 0 atom stereocenters. The van der Waals surface area contributed by atoms with Crippen molar-refractivity contribution < 1.29 is 26.4 Å². The van der Waals surface area contributed by atoms with Crippen LogP contribution >= 0.6 is 0 Å². The smallest absolute Gasteiger partial charge is 0.255 e. The fraction of sp³-hybridized carbons (Fsp3) is 0.0435. The van der Waals surface area contributed by atoms with Crippen molar-refractivity contribution in [1.82, 2.24) is 9.71 Å². The van der Waals surface area contributed by atoms with E-state index in [9.17, 15) is 26.4 Å². The quantitative estimate of drug-likeness (QED) is 0.409. The third-order valence-electron chi connectivity index (χ3n) is 4.85. The molecule has 33 heavy (non-hydrogen) atoms. The molecule has 6 nitrogen and oxygen atoms in total. The highest BCUT2D eigenvalue weighted by molar-refractivity contribution is 7.89. The van der Waals surface area contributed by atoms with Gasteiger partial charge in [0.2, 0.25) is 10.0 Å². The van der Waals surface area contributed by atoms with Crippen LogP contribution in [0.15, 0.2) is 77.8 Å². The third kappa shape index (κ3) is 4.71. The van der Waals surface area contributed by atoms with Crippen molar-refractivity contribution in [2.24, 2.45) is 0 Å². The first-order valence-corrected chi connectivity index (χ1v) is 11.1. The Morgan fingerprint density at radius 3 is 2.36 bits per heavy atom. The number of sulfonamides is 1. The third-order valence-corrected chi connectivity index (χ3v) is 6.27. The number of aromatic nitrogens is 1. The van der Waals surface area contributed by atoms with Crippen LogP contribution in [-0.2, 0) is 16.6 Å². The Balaban J connectivity index is 1.45. The summed E-state index contributed by atoms with van der Waals surface area (Å²) in [7, 11) is -4.43. The van der Waals surface area contributed by atoms with E-state index in [2.05, 4.69) is 15.0 Å². The minimum atomic E-state index is -4.43. The highest BCUT2D eigenvalue weighted by atomic mass is 32.2. The molecule has 1 amide bonds. The second kappa shape index (κ2) is 9.00. The zero-order valence-corrected chi connectivity index (χ0v) is 17.7. The average molecular weight is 471 g/mol. The zero-order chi connectivity index (χ0) is 23.6. The molecule has 10 heteroatoms. The first-order valence-electron chi connectivity index (χ1n) is 9.63. The largest absolute Gasteiger partial charge is 0.320 e. The Morgan fingerprint density at radius 1 is 0.879 bits per heavy atom. The minimum absolute atomic E-state index is 0.254. The van der Waals surface area contributed by atoms with E-state index in [1.165, 1.54) is 24.3 Å². The van der Waals surface area contributed by atoms with Crippen LogP contribution in [0.3, 0.4) is 0 Å². The predicted molar refractivity (Wildman–Crippen MR) is 116 cm³/mol. The van der Waals surface area contributed by atoms with E-state index in [-0.39, 0.29) is 12.5 Å². The SMILES string of the molecule is O=C(Nc1cccc2cccnc12)c1ccc(CNS(=O)(=O)c2ccc(F)c(F)c2F)cc1. The minimum Gasteiger partial charge on any atom is -0.320 e. The molecule has 4 rings (SSSR count). The van der Waals surface area contributed by atoms with E-state index in [4.69, 9.17) is 0 Å². The van der Waals surface area contributed by atoms with Crippen LogP contribution in [0.4, 0.5) is 18.9 Å². The maximum absolute atomic E-state index is 13.8. The molecule has 0 aliphatic carbocycles. The standard InChI is InChI=1S/C23H16F3N3O3S/c24-17-10-11-19(21(26)20(17)25)33(31,32)28-13-14-6-8-16(9-7-14)23(30)29-18-5-1-3-15-4-2-12-27-22(15)18/h1-12,28H,13H2,(H,29,30). The van der Waals surface area contributed by atoms with Gasteiger partial charge in [0, 0.05) is 23.7 Å². The number of benzene rings is 3. The molecule has 4 aromatic rings. The maximum atomic E-state index is 13.8. The fourth-order valence-electron chi connectivity index (χ4n) is 3.15. The molecule has 0 aliphatic heterocycles. The number of fused-ring (bicyclic) bond motifs is 1. The van der Waals surface area contributed by atoms with E-state index in [1.807, 2.05) is 12.1 Å². The number of nitrogens with one attached hydrogen (secondary N) is 2. The lowest BCUT2D eigenvalue weighted by Crippen LogP contribution is -2.24. The van der Waals surface area contributed by atoms with Gasteiger partial charge in [-0.1, -0.05) is 30.3 Å². The van der Waals surface area contributed by atoms with Crippen molar-refractivity contribution in [3.63, 3.8) is 0 Å². The van der Waals surface area contributed by atoms with Gasteiger partial charge < -0.3 is 5.32 Å². The molecule has 0 saturated heterocycles. The summed E-state index contributed by atoms with van der Waals surface area (Å²) >= 11 is 0. The van der Waals surface area contributed by atoms with Crippen LogP contribution in [0.5, 0.6) is 0 Å². The molecule has 0 unspecified atom stereocenters. The topological polar surface area (TPSA) is 88.2 Å². The van der Waals surface area contributed by atoms with Crippen LogP contribution in [0.25, 0.3) is 10.9 Å². The van der Waals surface area contributed by atoms with Crippen LogP contribution < -0.4 is 10.0 Å². The number of anilines is 1. The Hall–Kier alpha value is -3.76. The number of amides is 1. The van der Waals surface area contributed by atoms with Crippen molar-refractivity contribution >= 4 is 32.5 Å². The number of hydrogen-bond donors (Lipinski definition) is 2. The number of halogens is 3. The summed E-state index contributed by atoms with van der Waals surface area (Å²) in [6.45, 7) is -0.254. The first-order chi connectivity index (χ1) is 15.8. The molecule has 2 N–H and O–H groups in total. The highest BCUT2D eigenvalue weighted by Crippen LogP contribution is 2.22. The van der Waals surface area contributed by atoms with Crippen molar-refractivity contribution in [1.29, 1.82) is 0 Å². The molecule has 0 fully saturated rings. The zero-order valence-electron chi connectivity index (χ0n) is 16.8. The van der Waals surface area contributed by atoms with Crippen molar-refractivity contribution in [3.05, 3.63) is 102 Å².